The van der Waals surface area contributed by atoms with E-state index < -0.39 is 0 Å². The molecule has 0 fully saturated rings. The fourth-order valence-electron chi connectivity index (χ4n) is 2.25. The second-order valence-electron chi connectivity index (χ2n) is 4.86. The summed E-state index contributed by atoms with van der Waals surface area (Å²) in [6.07, 6.45) is 4.14. The van der Waals surface area contributed by atoms with Crippen LogP contribution in [0.15, 0.2) is 24.3 Å². The SMILES string of the molecule is O=C(NCCCCCBr)C1COc2ccccc2C1. The first-order chi connectivity index (χ1) is 9.31. The number of rotatable bonds is 6. The number of hydrogen-bond donors (Lipinski definition) is 1. The third kappa shape index (κ3) is 4.23. The van der Waals surface area contributed by atoms with Crippen LogP contribution >= 0.6 is 15.9 Å². The summed E-state index contributed by atoms with van der Waals surface area (Å²) in [7, 11) is 0. The van der Waals surface area contributed by atoms with Gasteiger partial charge in [0.15, 0.2) is 0 Å². The Morgan fingerprint density at radius 2 is 2.16 bits per heavy atom. The summed E-state index contributed by atoms with van der Waals surface area (Å²) in [5.74, 6) is 0.989. The van der Waals surface area contributed by atoms with Crippen molar-refractivity contribution < 1.29 is 9.53 Å². The summed E-state index contributed by atoms with van der Waals surface area (Å²) in [4.78, 5) is 12.0. The summed E-state index contributed by atoms with van der Waals surface area (Å²) >= 11 is 3.40. The van der Waals surface area contributed by atoms with Crippen molar-refractivity contribution in [3.05, 3.63) is 29.8 Å². The number of hydrogen-bond acceptors (Lipinski definition) is 2. The van der Waals surface area contributed by atoms with Crippen LogP contribution in [0, 0.1) is 5.92 Å². The number of amides is 1. The quantitative estimate of drug-likeness (QED) is 0.645. The van der Waals surface area contributed by atoms with Crippen LogP contribution in [0.4, 0.5) is 0 Å². The van der Waals surface area contributed by atoms with E-state index in [1.54, 1.807) is 0 Å². The van der Waals surface area contributed by atoms with Crippen LogP contribution in [0.5, 0.6) is 5.75 Å². The number of fused-ring (bicyclic) bond motifs is 1. The third-order valence-electron chi connectivity index (χ3n) is 3.36. The molecule has 3 nitrogen and oxygen atoms in total. The van der Waals surface area contributed by atoms with Gasteiger partial charge in [-0.3, -0.25) is 4.79 Å². The molecule has 0 spiro atoms. The molecular formula is C15H20BrNO2. The Kier molecular flexibility index (Phi) is 5.70. The minimum absolute atomic E-state index is 0.0499. The first-order valence-corrected chi connectivity index (χ1v) is 7.98. The van der Waals surface area contributed by atoms with E-state index in [0.717, 1.165) is 48.9 Å². The minimum atomic E-state index is -0.0499. The first-order valence-electron chi connectivity index (χ1n) is 6.85. The number of benzene rings is 1. The van der Waals surface area contributed by atoms with Crippen molar-refractivity contribution in [1.82, 2.24) is 5.32 Å². The maximum absolute atomic E-state index is 12.0. The maximum atomic E-state index is 12.0. The highest BCUT2D eigenvalue weighted by atomic mass is 79.9. The Labute approximate surface area is 122 Å². The molecule has 2 rings (SSSR count). The number of alkyl halides is 1. The Balaban J connectivity index is 1.76. The number of halogens is 1. The fraction of sp³-hybridized carbons (Fsp3) is 0.533. The molecule has 1 aliphatic heterocycles. The Bertz CT molecular complexity index is 422. The zero-order chi connectivity index (χ0) is 13.5. The molecule has 104 valence electrons. The highest BCUT2D eigenvalue weighted by Crippen LogP contribution is 2.26. The Morgan fingerprint density at radius 3 is 3.00 bits per heavy atom. The van der Waals surface area contributed by atoms with Crippen molar-refractivity contribution in [2.75, 3.05) is 18.5 Å². The molecule has 1 atom stereocenters. The molecule has 1 aliphatic rings. The van der Waals surface area contributed by atoms with Gasteiger partial charge in [0.1, 0.15) is 12.4 Å². The molecule has 1 aromatic carbocycles. The van der Waals surface area contributed by atoms with Gasteiger partial charge in [-0.05, 0) is 30.9 Å². The average molecular weight is 326 g/mol. The van der Waals surface area contributed by atoms with Crippen LogP contribution in [0.25, 0.3) is 0 Å². The maximum Gasteiger partial charge on any atom is 0.226 e. The Morgan fingerprint density at radius 1 is 1.32 bits per heavy atom. The van der Waals surface area contributed by atoms with E-state index in [-0.39, 0.29) is 11.8 Å². The van der Waals surface area contributed by atoms with Crippen LogP contribution in [0.3, 0.4) is 0 Å². The summed E-state index contributed by atoms with van der Waals surface area (Å²) in [5.41, 5.74) is 1.13. The van der Waals surface area contributed by atoms with E-state index in [1.165, 1.54) is 0 Å². The van der Waals surface area contributed by atoms with Crippen molar-refractivity contribution in [2.45, 2.75) is 25.7 Å². The molecule has 0 bridgehead atoms. The predicted octanol–water partition coefficient (Wildman–Crippen LogP) is 2.92. The normalized spacial score (nSPS) is 17.4. The summed E-state index contributed by atoms with van der Waals surface area (Å²) in [6.45, 7) is 1.26. The van der Waals surface area contributed by atoms with Gasteiger partial charge in [0.2, 0.25) is 5.91 Å². The van der Waals surface area contributed by atoms with Crippen molar-refractivity contribution in [1.29, 1.82) is 0 Å². The molecule has 0 saturated carbocycles. The molecule has 0 saturated heterocycles. The monoisotopic (exact) mass is 325 g/mol. The molecule has 4 heteroatoms. The zero-order valence-corrected chi connectivity index (χ0v) is 12.6. The van der Waals surface area contributed by atoms with E-state index in [0.29, 0.717) is 6.61 Å². The second-order valence-corrected chi connectivity index (χ2v) is 5.65. The van der Waals surface area contributed by atoms with E-state index in [2.05, 4.69) is 21.2 Å². The van der Waals surface area contributed by atoms with Gasteiger partial charge < -0.3 is 10.1 Å². The highest BCUT2D eigenvalue weighted by Gasteiger charge is 2.25. The highest BCUT2D eigenvalue weighted by molar-refractivity contribution is 9.09. The van der Waals surface area contributed by atoms with Gasteiger partial charge in [-0.15, -0.1) is 0 Å². The zero-order valence-electron chi connectivity index (χ0n) is 11.0. The third-order valence-corrected chi connectivity index (χ3v) is 3.92. The van der Waals surface area contributed by atoms with Gasteiger partial charge in [0.25, 0.3) is 0 Å². The van der Waals surface area contributed by atoms with Crippen LogP contribution < -0.4 is 10.1 Å². The standard InChI is InChI=1S/C15H20BrNO2/c16-8-4-1-5-9-17-15(18)13-10-12-6-2-3-7-14(12)19-11-13/h2-3,6-7,13H,1,4-5,8-11H2,(H,17,18). The van der Waals surface area contributed by atoms with Crippen LogP contribution in [-0.4, -0.2) is 24.4 Å². The van der Waals surface area contributed by atoms with Crippen molar-refractivity contribution >= 4 is 21.8 Å². The van der Waals surface area contributed by atoms with E-state index in [4.69, 9.17) is 4.74 Å². The molecular weight excluding hydrogens is 306 g/mol. The van der Waals surface area contributed by atoms with Crippen molar-refractivity contribution in [2.24, 2.45) is 5.92 Å². The average Bonchev–Trinajstić information content (AvgIpc) is 2.46. The molecule has 1 heterocycles. The van der Waals surface area contributed by atoms with Crippen molar-refractivity contribution in [3.8, 4) is 5.75 Å². The van der Waals surface area contributed by atoms with E-state index >= 15 is 0 Å². The lowest BCUT2D eigenvalue weighted by Gasteiger charge is -2.24. The topological polar surface area (TPSA) is 38.3 Å². The lowest BCUT2D eigenvalue weighted by Crippen LogP contribution is -2.37. The predicted molar refractivity (Wildman–Crippen MR) is 79.8 cm³/mol. The number of unbranched alkanes of at least 4 members (excludes halogenated alkanes) is 2. The molecule has 1 unspecified atom stereocenters. The second kappa shape index (κ2) is 7.53. The summed E-state index contributed by atoms with van der Waals surface area (Å²) in [5, 5.41) is 4.04. The first kappa shape index (κ1) is 14.4. The molecule has 0 aliphatic carbocycles. The van der Waals surface area contributed by atoms with Gasteiger partial charge in [-0.2, -0.15) is 0 Å². The number of ether oxygens (including phenoxy) is 1. The summed E-state index contributed by atoms with van der Waals surface area (Å²) in [6, 6.07) is 7.94. The van der Waals surface area contributed by atoms with E-state index in [9.17, 15) is 4.79 Å². The molecule has 19 heavy (non-hydrogen) atoms. The molecule has 1 N–H and O–H groups in total. The number of nitrogens with one attached hydrogen (secondary N) is 1. The molecule has 0 radical (unpaired) electrons. The number of carbonyl (C=O) groups excluding carboxylic acids is 1. The smallest absolute Gasteiger partial charge is 0.226 e. The lowest BCUT2D eigenvalue weighted by molar-refractivity contribution is -0.126. The van der Waals surface area contributed by atoms with Crippen LogP contribution in [-0.2, 0) is 11.2 Å². The lowest BCUT2D eigenvalue weighted by atomic mass is 9.96. The van der Waals surface area contributed by atoms with E-state index in [1.807, 2.05) is 24.3 Å². The number of para-hydroxylation sites is 1. The number of carbonyl (C=O) groups is 1. The molecule has 0 aromatic heterocycles. The van der Waals surface area contributed by atoms with Crippen molar-refractivity contribution in [3.63, 3.8) is 0 Å². The van der Waals surface area contributed by atoms with Crippen LogP contribution in [0.2, 0.25) is 0 Å². The van der Waals surface area contributed by atoms with Gasteiger partial charge in [-0.1, -0.05) is 40.5 Å². The van der Waals surface area contributed by atoms with Gasteiger partial charge in [0.05, 0.1) is 5.92 Å². The largest absolute Gasteiger partial charge is 0.492 e. The Hall–Kier alpha value is -1.03. The minimum Gasteiger partial charge on any atom is -0.492 e. The molecule has 1 amide bonds. The summed E-state index contributed by atoms with van der Waals surface area (Å²) < 4.78 is 5.64. The van der Waals surface area contributed by atoms with Crippen LogP contribution in [0.1, 0.15) is 24.8 Å². The fourth-order valence-corrected chi connectivity index (χ4v) is 2.65. The van der Waals surface area contributed by atoms with Gasteiger partial charge in [-0.25, -0.2) is 0 Å². The van der Waals surface area contributed by atoms with Gasteiger partial charge in [0, 0.05) is 11.9 Å². The molecule has 1 aromatic rings. The van der Waals surface area contributed by atoms with Gasteiger partial charge >= 0.3 is 0 Å².